The number of nitrogens with zero attached hydrogens (tertiary/aromatic N) is 2. The van der Waals surface area contributed by atoms with E-state index in [1.807, 2.05) is 11.3 Å². The van der Waals surface area contributed by atoms with Gasteiger partial charge in [-0.25, -0.2) is 9.97 Å². The molecule has 198 valence electrons. The molecule has 8 rings (SSSR count). The summed E-state index contributed by atoms with van der Waals surface area (Å²) in [6.45, 7) is 9.50. The molecule has 2 nitrogen and oxygen atoms in total. The Morgan fingerprint density at radius 2 is 1.20 bits per heavy atom. The van der Waals surface area contributed by atoms with E-state index in [0.717, 1.165) is 33.5 Å². The first kappa shape index (κ1) is 24.5. The third kappa shape index (κ3) is 3.42. The van der Waals surface area contributed by atoms with Crippen LogP contribution in [-0.2, 0) is 10.8 Å². The van der Waals surface area contributed by atoms with Crippen molar-refractivity contribution in [1.29, 1.82) is 0 Å². The molecule has 0 radical (unpaired) electrons. The molecular formula is C38H30N2S. The van der Waals surface area contributed by atoms with Gasteiger partial charge >= 0.3 is 0 Å². The minimum Gasteiger partial charge on any atom is -0.228 e. The molecule has 1 aliphatic carbocycles. The first-order valence-electron chi connectivity index (χ1n) is 14.3. The van der Waals surface area contributed by atoms with Crippen molar-refractivity contribution < 1.29 is 0 Å². The van der Waals surface area contributed by atoms with Crippen molar-refractivity contribution in [2.24, 2.45) is 0 Å². The van der Waals surface area contributed by atoms with Crippen LogP contribution in [0.1, 0.15) is 38.8 Å². The van der Waals surface area contributed by atoms with Gasteiger partial charge in [0.2, 0.25) is 0 Å². The van der Waals surface area contributed by atoms with E-state index in [0.29, 0.717) is 0 Å². The van der Waals surface area contributed by atoms with Crippen molar-refractivity contribution in [3.8, 4) is 33.8 Å². The molecule has 0 fully saturated rings. The van der Waals surface area contributed by atoms with E-state index in [9.17, 15) is 0 Å². The first-order valence-corrected chi connectivity index (χ1v) is 15.1. The molecule has 41 heavy (non-hydrogen) atoms. The highest BCUT2D eigenvalue weighted by Gasteiger charge is 2.45. The second kappa shape index (κ2) is 8.58. The van der Waals surface area contributed by atoms with E-state index in [1.165, 1.54) is 42.4 Å². The maximum absolute atomic E-state index is 5.33. The van der Waals surface area contributed by atoms with Crippen LogP contribution in [0.25, 0.3) is 64.8 Å². The van der Waals surface area contributed by atoms with Crippen molar-refractivity contribution in [1.82, 2.24) is 9.97 Å². The van der Waals surface area contributed by atoms with Gasteiger partial charge in [0, 0.05) is 36.7 Å². The van der Waals surface area contributed by atoms with E-state index in [2.05, 4.69) is 137 Å². The molecule has 0 atom stereocenters. The molecule has 1 aliphatic rings. The SMILES string of the molecule is CC1(C)c2ccccc2-c2ccc(-c3nc(-c4cccc5c4sc4ccccc45)c4ccccc4n3)cc2C1(C)C. The zero-order chi connectivity index (χ0) is 27.9. The van der Waals surface area contributed by atoms with Crippen LogP contribution >= 0.6 is 11.3 Å². The molecule has 0 aliphatic heterocycles. The minimum atomic E-state index is -0.0744. The number of hydrogen-bond donors (Lipinski definition) is 0. The Bertz CT molecular complexity index is 2170. The second-order valence-corrected chi connectivity index (χ2v) is 13.3. The van der Waals surface area contributed by atoms with E-state index >= 15 is 0 Å². The largest absolute Gasteiger partial charge is 0.228 e. The predicted octanol–water partition coefficient (Wildman–Crippen LogP) is 10.6. The number of rotatable bonds is 2. The van der Waals surface area contributed by atoms with Crippen LogP contribution < -0.4 is 0 Å². The average Bonchev–Trinajstić information content (AvgIpc) is 3.39. The second-order valence-electron chi connectivity index (χ2n) is 12.2. The Balaban J connectivity index is 1.38. The van der Waals surface area contributed by atoms with Gasteiger partial charge in [-0.2, -0.15) is 0 Å². The topological polar surface area (TPSA) is 25.8 Å². The quantitative estimate of drug-likeness (QED) is 0.215. The van der Waals surface area contributed by atoms with Crippen LogP contribution in [-0.4, -0.2) is 9.97 Å². The van der Waals surface area contributed by atoms with E-state index in [1.54, 1.807) is 0 Å². The lowest BCUT2D eigenvalue weighted by atomic mass is 9.55. The third-order valence-electron chi connectivity index (χ3n) is 9.67. The smallest absolute Gasteiger partial charge is 0.160 e. The summed E-state index contributed by atoms with van der Waals surface area (Å²) in [6, 6.07) is 39.4. The molecule has 2 heterocycles. The fourth-order valence-corrected chi connectivity index (χ4v) is 7.93. The molecule has 7 aromatic rings. The summed E-state index contributed by atoms with van der Waals surface area (Å²) in [6.07, 6.45) is 0. The van der Waals surface area contributed by atoms with Crippen molar-refractivity contribution in [3.05, 3.63) is 120 Å². The van der Waals surface area contributed by atoms with Crippen molar-refractivity contribution >= 4 is 42.4 Å². The van der Waals surface area contributed by atoms with Gasteiger partial charge in [0.15, 0.2) is 5.82 Å². The lowest BCUT2D eigenvalue weighted by molar-refractivity contribution is 0.299. The molecule has 0 amide bonds. The highest BCUT2D eigenvalue weighted by atomic mass is 32.1. The zero-order valence-electron chi connectivity index (χ0n) is 23.7. The summed E-state index contributed by atoms with van der Waals surface area (Å²) in [5.41, 5.74) is 9.48. The van der Waals surface area contributed by atoms with Crippen LogP contribution in [0.2, 0.25) is 0 Å². The van der Waals surface area contributed by atoms with Crippen molar-refractivity contribution in [2.45, 2.75) is 38.5 Å². The fraction of sp³-hybridized carbons (Fsp3) is 0.158. The van der Waals surface area contributed by atoms with Gasteiger partial charge in [-0.1, -0.05) is 119 Å². The van der Waals surface area contributed by atoms with Crippen molar-refractivity contribution in [3.63, 3.8) is 0 Å². The van der Waals surface area contributed by atoms with Gasteiger partial charge in [0.05, 0.1) is 11.2 Å². The highest BCUT2D eigenvalue weighted by molar-refractivity contribution is 7.26. The van der Waals surface area contributed by atoms with Crippen LogP contribution in [0.15, 0.2) is 109 Å². The van der Waals surface area contributed by atoms with Crippen molar-refractivity contribution in [2.75, 3.05) is 0 Å². The molecule has 0 saturated carbocycles. The summed E-state index contributed by atoms with van der Waals surface area (Å²) < 4.78 is 2.57. The summed E-state index contributed by atoms with van der Waals surface area (Å²) in [5.74, 6) is 0.770. The van der Waals surface area contributed by atoms with Gasteiger partial charge in [-0.15, -0.1) is 11.3 Å². The Morgan fingerprint density at radius 3 is 2.07 bits per heavy atom. The Kier molecular flexibility index (Phi) is 5.12. The molecule has 0 saturated heterocycles. The molecular weight excluding hydrogens is 516 g/mol. The number of fused-ring (bicyclic) bond motifs is 7. The van der Waals surface area contributed by atoms with E-state index < -0.39 is 0 Å². The van der Waals surface area contributed by atoms with Gasteiger partial charge in [-0.05, 0) is 51.3 Å². The molecule has 0 bridgehead atoms. The molecule has 0 spiro atoms. The van der Waals surface area contributed by atoms with Gasteiger partial charge in [-0.3, -0.25) is 0 Å². The summed E-state index contributed by atoms with van der Waals surface area (Å²) in [4.78, 5) is 10.5. The van der Waals surface area contributed by atoms with Gasteiger partial charge < -0.3 is 0 Å². The normalized spacial score (nSPS) is 15.2. The summed E-state index contributed by atoms with van der Waals surface area (Å²) in [5, 5.41) is 3.66. The Hall–Kier alpha value is -4.34. The summed E-state index contributed by atoms with van der Waals surface area (Å²) in [7, 11) is 0. The first-order chi connectivity index (χ1) is 19.8. The molecule has 2 aromatic heterocycles. The van der Waals surface area contributed by atoms with Crippen LogP contribution in [0.5, 0.6) is 0 Å². The maximum atomic E-state index is 5.33. The highest BCUT2D eigenvalue weighted by Crippen LogP contribution is 2.54. The lowest BCUT2D eigenvalue weighted by Crippen LogP contribution is -2.43. The zero-order valence-corrected chi connectivity index (χ0v) is 24.5. The molecule has 0 N–H and O–H groups in total. The summed E-state index contributed by atoms with van der Waals surface area (Å²) >= 11 is 1.84. The van der Waals surface area contributed by atoms with E-state index in [4.69, 9.17) is 9.97 Å². The Labute approximate surface area is 244 Å². The van der Waals surface area contributed by atoms with Gasteiger partial charge in [0.25, 0.3) is 0 Å². The Morgan fingerprint density at radius 1 is 0.537 bits per heavy atom. The number of benzene rings is 5. The maximum Gasteiger partial charge on any atom is 0.160 e. The number of thiophene rings is 1. The van der Waals surface area contributed by atoms with Crippen LogP contribution in [0.4, 0.5) is 0 Å². The van der Waals surface area contributed by atoms with E-state index in [-0.39, 0.29) is 10.8 Å². The molecule has 3 heteroatoms. The number of para-hydroxylation sites is 1. The molecule has 0 unspecified atom stereocenters. The average molecular weight is 547 g/mol. The third-order valence-corrected chi connectivity index (χ3v) is 10.9. The van der Waals surface area contributed by atoms with Crippen LogP contribution in [0.3, 0.4) is 0 Å². The van der Waals surface area contributed by atoms with Crippen LogP contribution in [0, 0.1) is 0 Å². The molecule has 5 aromatic carbocycles. The monoisotopic (exact) mass is 546 g/mol. The fourth-order valence-electron chi connectivity index (χ4n) is 6.72. The predicted molar refractivity (Wildman–Crippen MR) is 175 cm³/mol. The number of aromatic nitrogens is 2. The lowest BCUT2D eigenvalue weighted by Gasteiger charge is -2.48. The standard InChI is InChI=1S/C38H30N2S/c1-37(2)30-17-8-5-12-24(30)25-21-20-23(22-31(25)38(37,3)4)36-39-32-18-9-6-14-28(32)34(40-36)29-16-11-15-27-26-13-7-10-19-33(26)41-35(27)29/h5-22H,1-4H3. The number of hydrogen-bond acceptors (Lipinski definition) is 3. The van der Waals surface area contributed by atoms with Gasteiger partial charge in [0.1, 0.15) is 0 Å². The minimum absolute atomic E-state index is 0.0263.